The maximum absolute atomic E-state index is 13.3. The van der Waals surface area contributed by atoms with Crippen LogP contribution in [0.5, 0.6) is 0 Å². The van der Waals surface area contributed by atoms with E-state index < -0.39 is 0 Å². The van der Waals surface area contributed by atoms with Gasteiger partial charge in [0.05, 0.1) is 10.5 Å². The predicted octanol–water partition coefficient (Wildman–Crippen LogP) is 3.15. The SMILES string of the molecule is CCN1C(=O)C(=Cc2c(N3CCC(C)CC3)nc3ccccn3c2=O)SC1=S. The van der Waals surface area contributed by atoms with E-state index in [9.17, 15) is 9.59 Å². The quantitative estimate of drug-likeness (QED) is 0.568. The zero-order chi connectivity index (χ0) is 19.8. The molecule has 0 aliphatic carbocycles. The van der Waals surface area contributed by atoms with E-state index >= 15 is 0 Å². The lowest BCUT2D eigenvalue weighted by molar-refractivity contribution is -0.121. The molecular formula is C20H22N4O2S2. The van der Waals surface area contributed by atoms with E-state index in [4.69, 9.17) is 17.2 Å². The second-order valence-electron chi connectivity index (χ2n) is 7.18. The van der Waals surface area contributed by atoms with Crippen LogP contribution in [-0.2, 0) is 4.79 Å². The van der Waals surface area contributed by atoms with Gasteiger partial charge in [0.1, 0.15) is 15.8 Å². The van der Waals surface area contributed by atoms with E-state index in [1.54, 1.807) is 23.2 Å². The molecule has 2 fully saturated rings. The Morgan fingerprint density at radius 3 is 2.71 bits per heavy atom. The van der Waals surface area contributed by atoms with Gasteiger partial charge in [-0.1, -0.05) is 37.0 Å². The van der Waals surface area contributed by atoms with Gasteiger partial charge in [-0.2, -0.15) is 0 Å². The molecule has 2 aromatic rings. The number of hydrogen-bond donors (Lipinski definition) is 0. The lowest BCUT2D eigenvalue weighted by atomic mass is 9.99. The van der Waals surface area contributed by atoms with Crippen LogP contribution in [0.25, 0.3) is 11.7 Å². The van der Waals surface area contributed by atoms with Crippen LogP contribution in [0.1, 0.15) is 32.3 Å². The number of amides is 1. The van der Waals surface area contributed by atoms with Gasteiger partial charge in [0.25, 0.3) is 11.5 Å². The molecule has 0 atom stereocenters. The highest BCUT2D eigenvalue weighted by Crippen LogP contribution is 2.33. The van der Waals surface area contributed by atoms with Crippen LogP contribution in [0.2, 0.25) is 0 Å². The first-order valence-electron chi connectivity index (χ1n) is 9.51. The fourth-order valence-corrected chi connectivity index (χ4v) is 4.95. The van der Waals surface area contributed by atoms with Gasteiger partial charge in [-0.15, -0.1) is 0 Å². The Morgan fingerprint density at radius 2 is 2.04 bits per heavy atom. The summed E-state index contributed by atoms with van der Waals surface area (Å²) >= 11 is 6.55. The third kappa shape index (κ3) is 3.35. The molecule has 4 heterocycles. The number of nitrogens with zero attached hydrogens (tertiary/aromatic N) is 4. The Kier molecular flexibility index (Phi) is 5.25. The van der Waals surface area contributed by atoms with Gasteiger partial charge < -0.3 is 4.90 Å². The molecule has 2 aliphatic heterocycles. The van der Waals surface area contributed by atoms with Gasteiger partial charge in [0, 0.05) is 25.8 Å². The van der Waals surface area contributed by atoms with Crippen LogP contribution in [0.3, 0.4) is 0 Å². The van der Waals surface area contributed by atoms with E-state index in [2.05, 4.69) is 11.8 Å². The molecule has 146 valence electrons. The lowest BCUT2D eigenvalue weighted by Gasteiger charge is -2.32. The summed E-state index contributed by atoms with van der Waals surface area (Å²) in [6.45, 7) is 6.37. The normalized spacial score (nSPS) is 20.0. The van der Waals surface area contributed by atoms with Crippen LogP contribution in [-0.4, -0.2) is 44.1 Å². The maximum Gasteiger partial charge on any atom is 0.267 e. The summed E-state index contributed by atoms with van der Waals surface area (Å²) < 4.78 is 2.06. The largest absolute Gasteiger partial charge is 0.356 e. The van der Waals surface area contributed by atoms with Crippen LogP contribution in [0.15, 0.2) is 34.1 Å². The van der Waals surface area contributed by atoms with Crippen molar-refractivity contribution in [2.45, 2.75) is 26.7 Å². The van der Waals surface area contributed by atoms with E-state index in [0.29, 0.717) is 38.7 Å². The molecule has 0 unspecified atom stereocenters. The fraction of sp³-hybridized carbons (Fsp3) is 0.400. The summed E-state index contributed by atoms with van der Waals surface area (Å²) in [6, 6.07) is 5.51. The molecule has 2 saturated heterocycles. The van der Waals surface area contributed by atoms with Crippen molar-refractivity contribution in [2.24, 2.45) is 5.92 Å². The minimum atomic E-state index is -0.166. The van der Waals surface area contributed by atoms with E-state index in [0.717, 1.165) is 25.9 Å². The number of rotatable bonds is 3. The molecule has 0 bridgehead atoms. The first-order valence-corrected chi connectivity index (χ1v) is 10.7. The van der Waals surface area contributed by atoms with Crippen molar-refractivity contribution in [3.63, 3.8) is 0 Å². The molecule has 28 heavy (non-hydrogen) atoms. The summed E-state index contributed by atoms with van der Waals surface area (Å²) in [5.41, 5.74) is 0.898. The highest BCUT2D eigenvalue weighted by Gasteiger charge is 2.32. The Balaban J connectivity index is 1.86. The van der Waals surface area contributed by atoms with Gasteiger partial charge in [-0.05, 0) is 43.9 Å². The molecule has 0 spiro atoms. The molecular weight excluding hydrogens is 392 g/mol. The van der Waals surface area contributed by atoms with Gasteiger partial charge in [-0.3, -0.25) is 18.9 Å². The third-order valence-electron chi connectivity index (χ3n) is 5.30. The molecule has 1 amide bonds. The Morgan fingerprint density at radius 1 is 1.29 bits per heavy atom. The monoisotopic (exact) mass is 414 g/mol. The maximum atomic E-state index is 13.3. The lowest BCUT2D eigenvalue weighted by Crippen LogP contribution is -2.36. The number of aromatic nitrogens is 2. The van der Waals surface area contributed by atoms with Gasteiger partial charge >= 0.3 is 0 Å². The number of anilines is 1. The topological polar surface area (TPSA) is 57.9 Å². The minimum Gasteiger partial charge on any atom is -0.356 e. The predicted molar refractivity (Wildman–Crippen MR) is 118 cm³/mol. The summed E-state index contributed by atoms with van der Waals surface area (Å²) in [7, 11) is 0. The third-order valence-corrected chi connectivity index (χ3v) is 6.68. The zero-order valence-electron chi connectivity index (χ0n) is 15.9. The number of piperidine rings is 1. The summed E-state index contributed by atoms with van der Waals surface area (Å²) in [5, 5.41) is 0. The molecule has 0 N–H and O–H groups in total. The number of fused-ring (bicyclic) bond motifs is 1. The van der Waals surface area contributed by atoms with Crippen molar-refractivity contribution in [3.8, 4) is 0 Å². The number of hydrogen-bond acceptors (Lipinski definition) is 6. The Labute approximate surface area is 173 Å². The average molecular weight is 415 g/mol. The Bertz CT molecular complexity index is 1040. The van der Waals surface area contributed by atoms with E-state index in [1.807, 2.05) is 19.1 Å². The summed E-state index contributed by atoms with van der Waals surface area (Å²) in [5.74, 6) is 1.18. The molecule has 0 saturated carbocycles. The second kappa shape index (κ2) is 7.67. The molecule has 0 radical (unpaired) electrons. The van der Waals surface area contributed by atoms with E-state index in [-0.39, 0.29) is 11.5 Å². The summed E-state index contributed by atoms with van der Waals surface area (Å²) in [4.78, 5) is 34.9. The molecule has 2 aromatic heterocycles. The number of likely N-dealkylation sites (N-methyl/N-ethyl adjacent to an activating group) is 1. The number of carbonyl (C=O) groups excluding carboxylic acids is 1. The van der Waals surface area contributed by atoms with E-state index in [1.165, 1.54) is 16.2 Å². The molecule has 4 rings (SSSR count). The van der Waals surface area contributed by atoms with Crippen molar-refractivity contribution in [1.29, 1.82) is 0 Å². The van der Waals surface area contributed by atoms with Crippen LogP contribution in [0.4, 0.5) is 5.82 Å². The first kappa shape index (κ1) is 19.1. The molecule has 0 aromatic carbocycles. The average Bonchev–Trinajstić information content (AvgIpc) is 2.97. The van der Waals surface area contributed by atoms with Crippen molar-refractivity contribution in [2.75, 3.05) is 24.5 Å². The molecule has 2 aliphatic rings. The number of thioether (sulfide) groups is 1. The first-order chi connectivity index (χ1) is 13.5. The minimum absolute atomic E-state index is 0.145. The van der Waals surface area contributed by atoms with Gasteiger partial charge in [0.2, 0.25) is 0 Å². The molecule has 8 heteroatoms. The van der Waals surface area contributed by atoms with Crippen LogP contribution >= 0.6 is 24.0 Å². The Hall–Kier alpha value is -2.19. The van der Waals surface area contributed by atoms with Crippen molar-refractivity contribution < 1.29 is 4.79 Å². The van der Waals surface area contributed by atoms with Crippen molar-refractivity contribution in [3.05, 3.63) is 45.2 Å². The fourth-order valence-electron chi connectivity index (χ4n) is 3.58. The van der Waals surface area contributed by atoms with Crippen molar-refractivity contribution in [1.82, 2.24) is 14.3 Å². The second-order valence-corrected chi connectivity index (χ2v) is 8.85. The van der Waals surface area contributed by atoms with Crippen LogP contribution in [0, 0.1) is 5.92 Å². The van der Waals surface area contributed by atoms with Gasteiger partial charge in [0.15, 0.2) is 0 Å². The van der Waals surface area contributed by atoms with Gasteiger partial charge in [-0.25, -0.2) is 4.98 Å². The number of thiocarbonyl (C=S) groups is 1. The highest BCUT2D eigenvalue weighted by molar-refractivity contribution is 8.26. The van der Waals surface area contributed by atoms with Crippen LogP contribution < -0.4 is 10.5 Å². The standard InChI is InChI=1S/C20H22N4O2S2/c1-3-23-19(26)15(28-20(23)27)12-14-17(22-10-7-13(2)8-11-22)21-16-6-4-5-9-24(16)18(14)25/h4-6,9,12-13H,3,7-8,10-11H2,1-2H3. The highest BCUT2D eigenvalue weighted by atomic mass is 32.2. The molecule has 6 nitrogen and oxygen atoms in total. The zero-order valence-corrected chi connectivity index (χ0v) is 17.6. The number of pyridine rings is 1. The van der Waals surface area contributed by atoms with Crippen molar-refractivity contribution >= 4 is 51.7 Å². The number of carbonyl (C=O) groups is 1. The summed E-state index contributed by atoms with van der Waals surface area (Å²) in [6.07, 6.45) is 5.51. The smallest absolute Gasteiger partial charge is 0.267 e.